The van der Waals surface area contributed by atoms with Crippen LogP contribution in [0.3, 0.4) is 0 Å². The first kappa shape index (κ1) is 24.6. The number of aliphatic hydroxyl groups excluding tert-OH is 1. The Morgan fingerprint density at radius 2 is 1.83 bits per heavy atom. The third-order valence-corrected chi connectivity index (χ3v) is 6.13. The van der Waals surface area contributed by atoms with Crippen LogP contribution < -0.4 is 14.2 Å². The lowest BCUT2D eigenvalue weighted by Gasteiger charge is -2.26. The second-order valence-electron chi connectivity index (χ2n) is 8.51. The maximum absolute atomic E-state index is 13.2. The Balaban J connectivity index is 1.84. The van der Waals surface area contributed by atoms with Crippen molar-refractivity contribution in [1.29, 1.82) is 0 Å². The number of amides is 1. The fraction of sp³-hybridized carbons (Fsp3) is 0.407. The Morgan fingerprint density at radius 3 is 2.54 bits per heavy atom. The maximum atomic E-state index is 13.2. The van der Waals surface area contributed by atoms with Crippen LogP contribution >= 0.6 is 0 Å². The molecule has 4 rings (SSSR count). The number of methoxy groups -OCH3 is 1. The summed E-state index contributed by atoms with van der Waals surface area (Å²) in [5.74, 6) is 0.202. The third-order valence-electron chi connectivity index (χ3n) is 6.13. The lowest BCUT2D eigenvalue weighted by molar-refractivity contribution is -0.140. The molecule has 0 aromatic heterocycles. The molecule has 8 heteroatoms. The van der Waals surface area contributed by atoms with E-state index < -0.39 is 17.7 Å². The molecule has 1 fully saturated rings. The molecular formula is C27H31NO7. The second kappa shape index (κ2) is 10.4. The molecule has 8 nitrogen and oxygen atoms in total. The number of hydrogen-bond donors (Lipinski definition) is 1. The van der Waals surface area contributed by atoms with Gasteiger partial charge in [0.05, 0.1) is 31.4 Å². The molecule has 0 spiro atoms. The van der Waals surface area contributed by atoms with Crippen LogP contribution in [0.2, 0.25) is 0 Å². The van der Waals surface area contributed by atoms with Gasteiger partial charge in [-0.2, -0.15) is 0 Å². The molecule has 1 N–H and O–H groups in total. The van der Waals surface area contributed by atoms with Gasteiger partial charge in [-0.05, 0) is 62.2 Å². The van der Waals surface area contributed by atoms with Gasteiger partial charge in [-0.15, -0.1) is 0 Å². The molecule has 2 aromatic rings. The van der Waals surface area contributed by atoms with Gasteiger partial charge in [0.25, 0.3) is 11.7 Å². The highest BCUT2D eigenvalue weighted by Gasteiger charge is 2.46. The fourth-order valence-corrected chi connectivity index (χ4v) is 4.61. The summed E-state index contributed by atoms with van der Waals surface area (Å²) in [7, 11) is 1.53. The van der Waals surface area contributed by atoms with Crippen LogP contribution in [0, 0.1) is 0 Å². The van der Waals surface area contributed by atoms with Crippen LogP contribution in [0.15, 0.2) is 42.0 Å². The van der Waals surface area contributed by atoms with Crippen molar-refractivity contribution in [2.75, 3.05) is 33.5 Å². The monoisotopic (exact) mass is 481 g/mol. The Bertz CT molecular complexity index is 1160. The molecule has 35 heavy (non-hydrogen) atoms. The molecular weight excluding hydrogens is 450 g/mol. The number of Topliss-reactive ketones (excluding diaryl/α,β-unsaturated/α-hetero) is 1. The topological polar surface area (TPSA) is 94.5 Å². The Labute approximate surface area is 205 Å². The number of fused-ring (bicyclic) bond motifs is 1. The minimum atomic E-state index is -0.802. The molecule has 0 saturated carbocycles. The molecule has 2 atom stereocenters. The van der Waals surface area contributed by atoms with Crippen molar-refractivity contribution in [3.8, 4) is 17.2 Å². The number of ketones is 1. The Kier molecular flexibility index (Phi) is 7.31. The van der Waals surface area contributed by atoms with E-state index in [1.54, 1.807) is 30.3 Å². The highest BCUT2D eigenvalue weighted by atomic mass is 16.5. The molecule has 0 aliphatic carbocycles. The lowest BCUT2D eigenvalue weighted by Crippen LogP contribution is -2.32. The van der Waals surface area contributed by atoms with E-state index in [0.29, 0.717) is 42.3 Å². The largest absolute Gasteiger partial charge is 0.507 e. The first-order chi connectivity index (χ1) is 16.9. The molecule has 0 radical (unpaired) electrons. The van der Waals surface area contributed by atoms with E-state index in [-0.39, 0.29) is 30.6 Å². The van der Waals surface area contributed by atoms with E-state index in [4.69, 9.17) is 18.9 Å². The number of ether oxygens (including phenoxy) is 4. The van der Waals surface area contributed by atoms with E-state index in [0.717, 1.165) is 11.3 Å². The average Bonchev–Trinajstić information content (AvgIpc) is 3.34. The highest BCUT2D eigenvalue weighted by molar-refractivity contribution is 6.46. The van der Waals surface area contributed by atoms with Gasteiger partial charge in [0.15, 0.2) is 11.5 Å². The number of likely N-dealkylation sites (tertiary alicyclic amines) is 1. The molecule has 0 bridgehead atoms. The smallest absolute Gasteiger partial charge is 0.295 e. The summed E-state index contributed by atoms with van der Waals surface area (Å²) >= 11 is 0. The van der Waals surface area contributed by atoms with Gasteiger partial charge in [0, 0.05) is 25.6 Å². The van der Waals surface area contributed by atoms with Gasteiger partial charge in [0.1, 0.15) is 17.6 Å². The predicted octanol–water partition coefficient (Wildman–Crippen LogP) is 3.88. The lowest BCUT2D eigenvalue weighted by atomic mass is 9.94. The van der Waals surface area contributed by atoms with Crippen molar-refractivity contribution >= 4 is 17.4 Å². The third kappa shape index (κ3) is 4.71. The summed E-state index contributed by atoms with van der Waals surface area (Å²) in [6, 6.07) is 9.81. The molecule has 2 aliphatic rings. The van der Waals surface area contributed by atoms with Crippen LogP contribution in [0.4, 0.5) is 0 Å². The summed E-state index contributed by atoms with van der Waals surface area (Å²) in [5, 5.41) is 11.3. The highest BCUT2D eigenvalue weighted by Crippen LogP contribution is 2.42. The van der Waals surface area contributed by atoms with Crippen molar-refractivity contribution < 1.29 is 33.6 Å². The van der Waals surface area contributed by atoms with Crippen LogP contribution in [-0.2, 0) is 20.7 Å². The average molecular weight is 482 g/mol. The molecule has 2 aliphatic heterocycles. The summed E-state index contributed by atoms with van der Waals surface area (Å²) < 4.78 is 22.4. The van der Waals surface area contributed by atoms with Crippen molar-refractivity contribution in [2.45, 2.75) is 39.3 Å². The van der Waals surface area contributed by atoms with Crippen LogP contribution in [0.5, 0.6) is 17.2 Å². The number of carbonyl (C=O) groups excluding carboxylic acids is 2. The van der Waals surface area contributed by atoms with E-state index in [1.165, 1.54) is 12.0 Å². The van der Waals surface area contributed by atoms with E-state index in [2.05, 4.69) is 0 Å². The van der Waals surface area contributed by atoms with Gasteiger partial charge in [-0.1, -0.05) is 6.07 Å². The molecule has 1 saturated heterocycles. The summed E-state index contributed by atoms with van der Waals surface area (Å²) in [6.07, 6.45) is 0.751. The number of rotatable bonds is 9. The number of benzene rings is 2. The second-order valence-corrected chi connectivity index (χ2v) is 8.51. The first-order valence-electron chi connectivity index (χ1n) is 11.9. The SMILES string of the molecule is CCOc1ccc([C@H]2C(=C(O)c3ccc4c(c3)C[C@@H](C)O4)C(=O)C(=O)N2CCOC)cc1OCC. The Hall–Kier alpha value is -3.52. The van der Waals surface area contributed by atoms with Crippen molar-refractivity contribution in [1.82, 2.24) is 4.90 Å². The van der Waals surface area contributed by atoms with Gasteiger partial charge in [0.2, 0.25) is 0 Å². The zero-order chi connectivity index (χ0) is 25.1. The number of carbonyl (C=O) groups is 2. The van der Waals surface area contributed by atoms with Gasteiger partial charge < -0.3 is 29.0 Å². The van der Waals surface area contributed by atoms with Gasteiger partial charge >= 0.3 is 0 Å². The van der Waals surface area contributed by atoms with E-state index >= 15 is 0 Å². The zero-order valence-electron chi connectivity index (χ0n) is 20.5. The van der Waals surface area contributed by atoms with Crippen LogP contribution in [0.1, 0.15) is 43.5 Å². The van der Waals surface area contributed by atoms with E-state index in [1.807, 2.05) is 26.8 Å². The van der Waals surface area contributed by atoms with Crippen LogP contribution in [-0.4, -0.2) is 61.3 Å². The summed E-state index contributed by atoms with van der Waals surface area (Å²) in [6.45, 7) is 7.04. The number of nitrogens with zero attached hydrogens (tertiary/aromatic N) is 1. The minimum absolute atomic E-state index is 0.0321. The quantitative estimate of drug-likeness (QED) is 0.330. The molecule has 0 unspecified atom stereocenters. The molecule has 2 aromatic carbocycles. The zero-order valence-corrected chi connectivity index (χ0v) is 20.5. The maximum Gasteiger partial charge on any atom is 0.295 e. The minimum Gasteiger partial charge on any atom is -0.507 e. The van der Waals surface area contributed by atoms with E-state index in [9.17, 15) is 14.7 Å². The number of hydrogen-bond acceptors (Lipinski definition) is 7. The normalized spacial score (nSPS) is 20.6. The Morgan fingerprint density at radius 1 is 1.09 bits per heavy atom. The van der Waals surface area contributed by atoms with Gasteiger partial charge in [-0.25, -0.2) is 0 Å². The van der Waals surface area contributed by atoms with Crippen LogP contribution in [0.25, 0.3) is 5.76 Å². The fourth-order valence-electron chi connectivity index (χ4n) is 4.61. The summed E-state index contributed by atoms with van der Waals surface area (Å²) in [5.41, 5.74) is 2.08. The van der Waals surface area contributed by atoms with Crippen molar-refractivity contribution in [2.24, 2.45) is 0 Å². The van der Waals surface area contributed by atoms with Gasteiger partial charge in [-0.3, -0.25) is 9.59 Å². The molecule has 186 valence electrons. The first-order valence-corrected chi connectivity index (χ1v) is 11.9. The van der Waals surface area contributed by atoms with Crippen molar-refractivity contribution in [3.63, 3.8) is 0 Å². The summed E-state index contributed by atoms with van der Waals surface area (Å²) in [4.78, 5) is 27.7. The van der Waals surface area contributed by atoms with Crippen molar-refractivity contribution in [3.05, 3.63) is 58.7 Å². The number of aliphatic hydroxyl groups is 1. The molecule has 1 amide bonds. The molecule has 2 heterocycles. The predicted molar refractivity (Wildman–Crippen MR) is 130 cm³/mol. The standard InChI is InChI=1S/C27H31NO7/c1-5-33-21-10-7-17(15-22(21)34-6-2)24-23(26(30)27(31)28(24)11-12-32-4)25(29)18-8-9-20-19(14-18)13-16(3)35-20/h7-10,14-16,24,29H,5-6,11-13H2,1-4H3/t16-,24+/m1/s1.